The van der Waals surface area contributed by atoms with E-state index in [4.69, 9.17) is 11.6 Å². The quantitative estimate of drug-likeness (QED) is 0.244. The highest BCUT2D eigenvalue weighted by atomic mass is 35.5. The molecule has 2 aromatic heterocycles. The number of anilines is 2. The highest BCUT2D eigenvalue weighted by Crippen LogP contribution is 2.39. The van der Waals surface area contributed by atoms with Crippen LogP contribution >= 0.6 is 11.6 Å². The zero-order chi connectivity index (χ0) is 29.9. The zero-order valence-electron chi connectivity index (χ0n) is 22.7. The van der Waals surface area contributed by atoms with E-state index in [0.717, 1.165) is 11.6 Å². The molecule has 0 saturated carbocycles. The fourth-order valence-corrected chi connectivity index (χ4v) is 4.30. The molecule has 2 N–H and O–H groups in total. The number of hydrogen-bond donors (Lipinski definition) is 2. The molecule has 0 fully saturated rings. The van der Waals surface area contributed by atoms with E-state index >= 15 is 0 Å². The average Bonchev–Trinajstić information content (AvgIpc) is 3.38. The smallest absolute Gasteiger partial charge is 0.322 e. The summed E-state index contributed by atoms with van der Waals surface area (Å²) in [7, 11) is 0. The Morgan fingerprint density at radius 3 is 2.41 bits per heavy atom. The SMILES string of the molecule is CC(=O)Nc1ncc(-c2cn(-c3cc(C(=O)Nc4cc(CCC(C)C)c(Cl)c(C(F)(F)F)c4)ccc3C)nn2)cn1. The number of halogens is 4. The number of hydrogen-bond acceptors (Lipinski definition) is 6. The van der Waals surface area contributed by atoms with Gasteiger partial charge in [0.1, 0.15) is 5.69 Å². The monoisotopic (exact) mass is 585 g/mol. The van der Waals surface area contributed by atoms with Crippen LogP contribution in [0.2, 0.25) is 5.02 Å². The molecular formula is C28H27ClF3N7O2. The summed E-state index contributed by atoms with van der Waals surface area (Å²) in [6.45, 7) is 7.10. The van der Waals surface area contributed by atoms with Crippen LogP contribution in [0.4, 0.5) is 24.8 Å². The van der Waals surface area contributed by atoms with Gasteiger partial charge in [-0.25, -0.2) is 14.6 Å². The largest absolute Gasteiger partial charge is 0.417 e. The number of nitrogens with one attached hydrogen (secondary N) is 2. The summed E-state index contributed by atoms with van der Waals surface area (Å²) < 4.78 is 42.6. The summed E-state index contributed by atoms with van der Waals surface area (Å²) in [6, 6.07) is 7.17. The molecule has 0 radical (unpaired) electrons. The van der Waals surface area contributed by atoms with E-state index in [1.165, 1.54) is 30.1 Å². The summed E-state index contributed by atoms with van der Waals surface area (Å²) in [5.41, 5.74) is 1.84. The average molecular weight is 586 g/mol. The third-order valence-electron chi connectivity index (χ3n) is 6.15. The predicted octanol–water partition coefficient (Wildman–Crippen LogP) is 6.50. The van der Waals surface area contributed by atoms with Crippen molar-refractivity contribution in [2.45, 2.75) is 46.7 Å². The summed E-state index contributed by atoms with van der Waals surface area (Å²) in [5.74, 6) is -0.485. The molecule has 2 heterocycles. The summed E-state index contributed by atoms with van der Waals surface area (Å²) in [5, 5.41) is 13.0. The first-order chi connectivity index (χ1) is 19.3. The van der Waals surface area contributed by atoms with E-state index in [1.54, 1.807) is 24.4 Å². The van der Waals surface area contributed by atoms with E-state index < -0.39 is 17.6 Å². The highest BCUT2D eigenvalue weighted by Gasteiger charge is 2.35. The first-order valence-corrected chi connectivity index (χ1v) is 13.0. The Labute approximate surface area is 239 Å². The van der Waals surface area contributed by atoms with Crippen LogP contribution in [0.3, 0.4) is 0 Å². The van der Waals surface area contributed by atoms with Crippen molar-refractivity contribution in [2.75, 3.05) is 10.6 Å². The van der Waals surface area contributed by atoms with Gasteiger partial charge in [-0.15, -0.1) is 5.10 Å². The third kappa shape index (κ3) is 7.26. The van der Waals surface area contributed by atoms with Gasteiger partial charge in [0.15, 0.2) is 0 Å². The Balaban J connectivity index is 1.59. The van der Waals surface area contributed by atoms with E-state index in [0.29, 0.717) is 35.3 Å². The zero-order valence-corrected chi connectivity index (χ0v) is 23.4. The van der Waals surface area contributed by atoms with Gasteiger partial charge in [-0.05, 0) is 61.1 Å². The maximum absolute atomic E-state index is 13.7. The summed E-state index contributed by atoms with van der Waals surface area (Å²) in [6.07, 6.45) is 0.896. The van der Waals surface area contributed by atoms with Gasteiger partial charge in [-0.2, -0.15) is 13.2 Å². The maximum atomic E-state index is 13.7. The second-order valence-corrected chi connectivity index (χ2v) is 10.3. The maximum Gasteiger partial charge on any atom is 0.417 e. The lowest BCUT2D eigenvalue weighted by molar-refractivity contribution is -0.137. The van der Waals surface area contributed by atoms with Gasteiger partial charge >= 0.3 is 6.18 Å². The topological polar surface area (TPSA) is 115 Å². The van der Waals surface area contributed by atoms with E-state index in [2.05, 4.69) is 30.9 Å². The number of amides is 2. The molecule has 0 aliphatic heterocycles. The van der Waals surface area contributed by atoms with Gasteiger partial charge in [0.25, 0.3) is 5.91 Å². The van der Waals surface area contributed by atoms with Crippen molar-refractivity contribution in [2.24, 2.45) is 5.92 Å². The van der Waals surface area contributed by atoms with Crippen molar-refractivity contribution in [1.82, 2.24) is 25.0 Å². The number of benzene rings is 2. The van der Waals surface area contributed by atoms with Gasteiger partial charge in [-0.1, -0.05) is 36.7 Å². The van der Waals surface area contributed by atoms with Crippen molar-refractivity contribution >= 4 is 35.1 Å². The van der Waals surface area contributed by atoms with Crippen LogP contribution in [0.25, 0.3) is 16.9 Å². The first-order valence-electron chi connectivity index (χ1n) is 12.7. The summed E-state index contributed by atoms with van der Waals surface area (Å²) in [4.78, 5) is 32.5. The van der Waals surface area contributed by atoms with Crippen molar-refractivity contribution in [3.05, 3.63) is 76.2 Å². The molecule has 0 aliphatic rings. The number of rotatable bonds is 8. The Kier molecular flexibility index (Phi) is 8.72. The van der Waals surface area contributed by atoms with Gasteiger partial charge in [0, 0.05) is 36.1 Å². The molecule has 9 nitrogen and oxygen atoms in total. The molecule has 0 unspecified atom stereocenters. The molecule has 2 amide bonds. The Morgan fingerprint density at radius 2 is 1.78 bits per heavy atom. The molecule has 2 aromatic carbocycles. The van der Waals surface area contributed by atoms with E-state index in [-0.39, 0.29) is 34.0 Å². The lowest BCUT2D eigenvalue weighted by Gasteiger charge is -2.17. The van der Waals surface area contributed by atoms with E-state index in [9.17, 15) is 22.8 Å². The molecule has 13 heteroatoms. The van der Waals surface area contributed by atoms with Gasteiger partial charge in [0.05, 0.1) is 22.5 Å². The molecule has 4 aromatic rings. The van der Waals surface area contributed by atoms with Crippen LogP contribution in [0.1, 0.15) is 54.2 Å². The highest BCUT2D eigenvalue weighted by molar-refractivity contribution is 6.32. The minimum atomic E-state index is -4.68. The fraction of sp³-hybridized carbons (Fsp3) is 0.286. The lowest BCUT2D eigenvalue weighted by atomic mass is 9.99. The van der Waals surface area contributed by atoms with Crippen LogP contribution in [-0.2, 0) is 17.4 Å². The fourth-order valence-electron chi connectivity index (χ4n) is 3.99. The number of alkyl halides is 3. The standard InChI is InChI=1S/C28H27ClF3N7O2/c1-15(2)5-7-18-9-21(11-22(25(18)29)28(30,31)32)36-26(41)19-8-6-16(3)24(10-19)39-14-23(37-38-39)20-12-33-27(34-13-20)35-17(4)40/h6,8-15H,5,7H2,1-4H3,(H,36,41)(H,33,34,35,40). The van der Waals surface area contributed by atoms with Crippen LogP contribution in [0.15, 0.2) is 48.9 Å². The predicted molar refractivity (Wildman–Crippen MR) is 149 cm³/mol. The van der Waals surface area contributed by atoms with Crippen LogP contribution in [0.5, 0.6) is 0 Å². The van der Waals surface area contributed by atoms with Crippen molar-refractivity contribution < 1.29 is 22.8 Å². The van der Waals surface area contributed by atoms with Crippen molar-refractivity contribution in [3.8, 4) is 16.9 Å². The number of carbonyl (C=O) groups excluding carboxylic acids is 2. The molecule has 0 bridgehead atoms. The Bertz CT molecular complexity index is 1580. The van der Waals surface area contributed by atoms with Gasteiger partial charge in [-0.3, -0.25) is 14.9 Å². The van der Waals surface area contributed by atoms with Crippen LogP contribution < -0.4 is 10.6 Å². The first kappa shape index (κ1) is 29.7. The number of aromatic nitrogens is 5. The molecule has 0 spiro atoms. The molecule has 0 saturated heterocycles. The number of nitrogens with zero attached hydrogens (tertiary/aromatic N) is 5. The minimum Gasteiger partial charge on any atom is -0.322 e. The summed E-state index contributed by atoms with van der Waals surface area (Å²) >= 11 is 6.11. The second-order valence-electron chi connectivity index (χ2n) is 9.91. The third-order valence-corrected chi connectivity index (χ3v) is 6.60. The molecule has 0 aliphatic carbocycles. The van der Waals surface area contributed by atoms with Crippen molar-refractivity contribution in [3.63, 3.8) is 0 Å². The Morgan fingerprint density at radius 1 is 1.07 bits per heavy atom. The molecule has 214 valence electrons. The van der Waals surface area contributed by atoms with Crippen LogP contribution in [0, 0.1) is 12.8 Å². The molecule has 4 rings (SSSR count). The van der Waals surface area contributed by atoms with Crippen molar-refractivity contribution in [1.29, 1.82) is 0 Å². The number of carbonyl (C=O) groups is 2. The van der Waals surface area contributed by atoms with Crippen LogP contribution in [-0.4, -0.2) is 36.8 Å². The molecular weight excluding hydrogens is 559 g/mol. The molecule has 41 heavy (non-hydrogen) atoms. The lowest BCUT2D eigenvalue weighted by Crippen LogP contribution is -2.15. The van der Waals surface area contributed by atoms with E-state index in [1.807, 2.05) is 20.8 Å². The Hall–Kier alpha value is -4.32. The normalized spacial score (nSPS) is 11.5. The minimum absolute atomic E-state index is 0.00152. The van der Waals surface area contributed by atoms with Gasteiger partial charge < -0.3 is 5.32 Å². The molecule has 0 atom stereocenters. The number of aryl methyl sites for hydroxylation is 2. The van der Waals surface area contributed by atoms with Gasteiger partial charge in [0.2, 0.25) is 11.9 Å². The second kappa shape index (κ2) is 12.0.